The van der Waals surface area contributed by atoms with Gasteiger partial charge in [0, 0.05) is 12.5 Å². The number of aryl methyl sites for hydroxylation is 3. The summed E-state index contributed by atoms with van der Waals surface area (Å²) in [5, 5.41) is 3.46. The predicted molar refractivity (Wildman–Crippen MR) is 76.3 cm³/mol. The molecule has 1 fully saturated rings. The first kappa shape index (κ1) is 13.6. The molecule has 2 heteroatoms. The molecule has 100 valence electrons. The Labute approximate surface area is 111 Å². The molecule has 1 aliphatic rings. The monoisotopic (exact) mass is 247 g/mol. The second-order valence-electron chi connectivity index (χ2n) is 5.74. The summed E-state index contributed by atoms with van der Waals surface area (Å²) in [5.74, 6) is 0. The van der Waals surface area contributed by atoms with E-state index in [0.717, 1.165) is 19.7 Å². The third-order valence-electron chi connectivity index (χ3n) is 4.19. The number of benzene rings is 1. The van der Waals surface area contributed by atoms with Gasteiger partial charge >= 0.3 is 0 Å². The molecule has 1 aliphatic heterocycles. The Morgan fingerprint density at radius 3 is 2.17 bits per heavy atom. The van der Waals surface area contributed by atoms with E-state index in [9.17, 15) is 0 Å². The summed E-state index contributed by atoms with van der Waals surface area (Å²) in [7, 11) is 1.82. The highest BCUT2D eigenvalue weighted by atomic mass is 16.5. The van der Waals surface area contributed by atoms with E-state index in [2.05, 4.69) is 38.2 Å². The van der Waals surface area contributed by atoms with Gasteiger partial charge in [0.1, 0.15) is 0 Å². The minimum Gasteiger partial charge on any atom is -0.384 e. The highest BCUT2D eigenvalue weighted by Crippen LogP contribution is 2.38. The maximum atomic E-state index is 5.55. The summed E-state index contributed by atoms with van der Waals surface area (Å²) in [6, 6.07) is 4.61. The zero-order chi connectivity index (χ0) is 13.2. The summed E-state index contributed by atoms with van der Waals surface area (Å²) in [4.78, 5) is 0. The Hall–Kier alpha value is -0.860. The van der Waals surface area contributed by atoms with Crippen LogP contribution >= 0.6 is 0 Å². The van der Waals surface area contributed by atoms with Crippen molar-refractivity contribution in [1.29, 1.82) is 0 Å². The number of hydrogen-bond acceptors (Lipinski definition) is 2. The highest BCUT2D eigenvalue weighted by Gasteiger charge is 2.36. The molecule has 1 heterocycles. The molecule has 1 N–H and O–H groups in total. The summed E-state index contributed by atoms with van der Waals surface area (Å²) < 4.78 is 5.55. The normalized spacial score (nSPS) is 18.9. The van der Waals surface area contributed by atoms with Crippen molar-refractivity contribution < 1.29 is 4.74 Å². The van der Waals surface area contributed by atoms with Gasteiger partial charge in [0.15, 0.2) is 0 Å². The van der Waals surface area contributed by atoms with E-state index in [-0.39, 0.29) is 5.41 Å². The summed E-state index contributed by atoms with van der Waals surface area (Å²) in [5.41, 5.74) is 5.94. The van der Waals surface area contributed by atoms with Crippen LogP contribution in [-0.4, -0.2) is 26.8 Å². The average Bonchev–Trinajstić information content (AvgIpc) is 2.28. The number of nitrogens with one attached hydrogen (secondary N) is 1. The van der Waals surface area contributed by atoms with E-state index in [1.165, 1.54) is 35.1 Å². The Morgan fingerprint density at radius 2 is 1.67 bits per heavy atom. The molecule has 0 unspecified atom stereocenters. The van der Waals surface area contributed by atoms with Crippen LogP contribution in [0.15, 0.2) is 12.1 Å². The highest BCUT2D eigenvalue weighted by molar-refractivity contribution is 5.43. The van der Waals surface area contributed by atoms with Crippen LogP contribution in [0.1, 0.15) is 35.1 Å². The fourth-order valence-corrected chi connectivity index (χ4v) is 3.66. The standard InChI is InChI=1S/C16H25NO/c1-12-9-13(2)15(14(3)10-12)16(11-18-4)5-7-17-8-6-16/h9-10,17H,5-8,11H2,1-4H3. The van der Waals surface area contributed by atoms with Gasteiger partial charge in [-0.05, 0) is 63.4 Å². The minimum atomic E-state index is 0.210. The average molecular weight is 247 g/mol. The molecule has 0 saturated carbocycles. The molecule has 1 aromatic rings. The quantitative estimate of drug-likeness (QED) is 0.887. The molecular weight excluding hydrogens is 222 g/mol. The summed E-state index contributed by atoms with van der Waals surface area (Å²) >= 11 is 0. The first-order valence-corrected chi connectivity index (χ1v) is 6.87. The maximum absolute atomic E-state index is 5.55. The van der Waals surface area contributed by atoms with Gasteiger partial charge in [0.05, 0.1) is 6.61 Å². The van der Waals surface area contributed by atoms with Crippen molar-refractivity contribution in [3.63, 3.8) is 0 Å². The van der Waals surface area contributed by atoms with Crippen LogP contribution in [0.3, 0.4) is 0 Å². The van der Waals surface area contributed by atoms with Crippen LogP contribution in [0.4, 0.5) is 0 Å². The SMILES string of the molecule is COCC1(c2c(C)cc(C)cc2C)CCNCC1. The second-order valence-corrected chi connectivity index (χ2v) is 5.74. The lowest BCUT2D eigenvalue weighted by Crippen LogP contribution is -2.43. The van der Waals surface area contributed by atoms with Gasteiger partial charge in [-0.25, -0.2) is 0 Å². The molecule has 0 spiro atoms. The lowest BCUT2D eigenvalue weighted by Gasteiger charge is -2.39. The van der Waals surface area contributed by atoms with E-state index < -0.39 is 0 Å². The zero-order valence-electron chi connectivity index (χ0n) is 12.1. The first-order valence-electron chi connectivity index (χ1n) is 6.87. The zero-order valence-corrected chi connectivity index (χ0v) is 12.1. The Balaban J connectivity index is 2.48. The van der Waals surface area contributed by atoms with Crippen LogP contribution in [0, 0.1) is 20.8 Å². The lowest BCUT2D eigenvalue weighted by molar-refractivity contribution is 0.107. The molecule has 2 rings (SSSR count). The largest absolute Gasteiger partial charge is 0.384 e. The molecule has 1 aromatic carbocycles. The second kappa shape index (κ2) is 5.41. The van der Waals surface area contributed by atoms with Crippen molar-refractivity contribution in [2.75, 3.05) is 26.8 Å². The van der Waals surface area contributed by atoms with Crippen LogP contribution in [0.5, 0.6) is 0 Å². The van der Waals surface area contributed by atoms with Crippen LogP contribution < -0.4 is 5.32 Å². The number of hydrogen-bond donors (Lipinski definition) is 1. The van der Waals surface area contributed by atoms with Crippen molar-refractivity contribution in [2.24, 2.45) is 0 Å². The molecule has 2 nitrogen and oxygen atoms in total. The van der Waals surface area contributed by atoms with Crippen LogP contribution in [0.25, 0.3) is 0 Å². The van der Waals surface area contributed by atoms with Crippen LogP contribution in [-0.2, 0) is 10.2 Å². The molecule has 0 atom stereocenters. The summed E-state index contributed by atoms with van der Waals surface area (Å²) in [6.45, 7) is 9.68. The van der Waals surface area contributed by atoms with Gasteiger partial charge in [0.25, 0.3) is 0 Å². The van der Waals surface area contributed by atoms with Gasteiger partial charge in [-0.2, -0.15) is 0 Å². The van der Waals surface area contributed by atoms with Crippen molar-refractivity contribution in [2.45, 2.75) is 39.0 Å². The Morgan fingerprint density at radius 1 is 1.11 bits per heavy atom. The number of piperidine rings is 1. The lowest BCUT2D eigenvalue weighted by atomic mass is 9.70. The van der Waals surface area contributed by atoms with Gasteiger partial charge < -0.3 is 10.1 Å². The first-order chi connectivity index (χ1) is 8.59. The third-order valence-corrected chi connectivity index (χ3v) is 4.19. The molecule has 0 aromatic heterocycles. The van der Waals surface area contributed by atoms with E-state index in [0.29, 0.717) is 0 Å². The molecule has 0 aliphatic carbocycles. The smallest absolute Gasteiger partial charge is 0.0560 e. The fourth-order valence-electron chi connectivity index (χ4n) is 3.66. The van der Waals surface area contributed by atoms with Crippen molar-refractivity contribution in [3.8, 4) is 0 Å². The Kier molecular flexibility index (Phi) is 4.08. The Bertz CT molecular complexity index is 391. The topological polar surface area (TPSA) is 21.3 Å². The maximum Gasteiger partial charge on any atom is 0.0560 e. The van der Waals surface area contributed by atoms with Crippen molar-refractivity contribution in [1.82, 2.24) is 5.32 Å². The number of ether oxygens (including phenoxy) is 1. The van der Waals surface area contributed by atoms with E-state index in [4.69, 9.17) is 4.74 Å². The van der Waals surface area contributed by atoms with Gasteiger partial charge in [0.2, 0.25) is 0 Å². The van der Waals surface area contributed by atoms with E-state index in [1.54, 1.807) is 0 Å². The van der Waals surface area contributed by atoms with Crippen molar-refractivity contribution >= 4 is 0 Å². The molecule has 0 radical (unpaired) electrons. The fraction of sp³-hybridized carbons (Fsp3) is 0.625. The summed E-state index contributed by atoms with van der Waals surface area (Å²) in [6.07, 6.45) is 2.34. The molecule has 0 amide bonds. The molecule has 1 saturated heterocycles. The third kappa shape index (κ3) is 2.45. The molecule has 18 heavy (non-hydrogen) atoms. The molecular formula is C16H25NO. The van der Waals surface area contributed by atoms with E-state index >= 15 is 0 Å². The number of methoxy groups -OCH3 is 1. The number of rotatable bonds is 3. The molecule has 0 bridgehead atoms. The van der Waals surface area contributed by atoms with Crippen LogP contribution in [0.2, 0.25) is 0 Å². The minimum absolute atomic E-state index is 0.210. The predicted octanol–water partition coefficient (Wildman–Crippen LogP) is 2.88. The van der Waals surface area contributed by atoms with E-state index in [1.807, 2.05) is 7.11 Å². The van der Waals surface area contributed by atoms with Gasteiger partial charge in [-0.3, -0.25) is 0 Å². The van der Waals surface area contributed by atoms with Gasteiger partial charge in [-0.15, -0.1) is 0 Å². The van der Waals surface area contributed by atoms with Crippen molar-refractivity contribution in [3.05, 3.63) is 34.4 Å². The van der Waals surface area contributed by atoms with Gasteiger partial charge in [-0.1, -0.05) is 17.7 Å².